The van der Waals surface area contributed by atoms with E-state index in [2.05, 4.69) is 51.5 Å². The Morgan fingerprint density at radius 2 is 2.04 bits per heavy atom. The number of hydrogen-bond donors (Lipinski definition) is 0. The highest BCUT2D eigenvalue weighted by Crippen LogP contribution is 2.26. The number of likely N-dealkylation sites (N-methyl/N-ethyl adjacent to an activating group) is 2. The third kappa shape index (κ3) is 6.74. The summed E-state index contributed by atoms with van der Waals surface area (Å²) in [5.41, 5.74) is 0.833. The van der Waals surface area contributed by atoms with Gasteiger partial charge < -0.3 is 23.8 Å². The van der Waals surface area contributed by atoms with Gasteiger partial charge in [0.15, 0.2) is 0 Å². The molecule has 1 unspecified atom stereocenters. The van der Waals surface area contributed by atoms with Crippen LogP contribution in [0.4, 0.5) is 4.79 Å². The lowest BCUT2D eigenvalue weighted by molar-refractivity contribution is -0.0318. The monoisotopic (exact) mass is 477 g/mol. The van der Waals surface area contributed by atoms with Crippen molar-refractivity contribution in [2.75, 3.05) is 33.8 Å². The predicted octanol–water partition coefficient (Wildman–Crippen LogP) is 4.09. The fourth-order valence-corrected chi connectivity index (χ4v) is 3.49. The van der Waals surface area contributed by atoms with Crippen molar-refractivity contribution in [3.63, 3.8) is 0 Å². The third-order valence-electron chi connectivity index (χ3n) is 4.32. The van der Waals surface area contributed by atoms with Crippen LogP contribution in [0.3, 0.4) is 0 Å². The lowest BCUT2D eigenvalue weighted by atomic mass is 10.2. The number of rotatable bonds is 6. The van der Waals surface area contributed by atoms with E-state index in [9.17, 15) is 4.79 Å². The molecule has 1 aliphatic rings. The standard InChI is InChI=1S/C19H32IN3O3/c1-19(2,3)26-18(24)22(5)10-9-21(4)12-15-13-23(14-16(15)20)17-8-6-7-11-25-17/h13-14,17H,6-12H2,1-5H3. The van der Waals surface area contributed by atoms with Crippen LogP contribution in [-0.4, -0.2) is 59.9 Å². The highest BCUT2D eigenvalue weighted by Gasteiger charge is 2.20. The Balaban J connectivity index is 1.83. The van der Waals surface area contributed by atoms with Crippen LogP contribution in [0.5, 0.6) is 0 Å². The first kappa shape index (κ1) is 21.5. The summed E-state index contributed by atoms with van der Waals surface area (Å²) in [6.45, 7) is 8.77. The normalized spacial score (nSPS) is 18.2. The third-order valence-corrected chi connectivity index (χ3v) is 5.30. The Morgan fingerprint density at radius 3 is 2.65 bits per heavy atom. The van der Waals surface area contributed by atoms with Crippen molar-refractivity contribution in [2.45, 2.75) is 58.4 Å². The molecule has 1 saturated heterocycles. The maximum Gasteiger partial charge on any atom is 0.410 e. The van der Waals surface area contributed by atoms with Crippen molar-refractivity contribution in [1.29, 1.82) is 0 Å². The Labute approximate surface area is 170 Å². The van der Waals surface area contributed by atoms with Crippen LogP contribution < -0.4 is 0 Å². The number of nitrogens with zero attached hydrogens (tertiary/aromatic N) is 3. The molecule has 0 aliphatic carbocycles. The summed E-state index contributed by atoms with van der Waals surface area (Å²) in [5, 5.41) is 0. The van der Waals surface area contributed by atoms with Gasteiger partial charge in [-0.2, -0.15) is 0 Å². The highest BCUT2D eigenvalue weighted by atomic mass is 127. The van der Waals surface area contributed by atoms with Crippen LogP contribution in [0.2, 0.25) is 0 Å². The molecule has 1 aromatic rings. The summed E-state index contributed by atoms with van der Waals surface area (Å²) in [6, 6.07) is 0. The first-order valence-electron chi connectivity index (χ1n) is 9.26. The fourth-order valence-electron chi connectivity index (χ4n) is 2.86. The molecule has 0 bridgehead atoms. The maximum absolute atomic E-state index is 12.0. The van der Waals surface area contributed by atoms with Gasteiger partial charge in [-0.15, -0.1) is 0 Å². The lowest BCUT2D eigenvalue weighted by Gasteiger charge is -2.26. The minimum absolute atomic E-state index is 0.176. The summed E-state index contributed by atoms with van der Waals surface area (Å²) in [7, 11) is 3.86. The molecule has 7 heteroatoms. The zero-order valence-corrected chi connectivity index (χ0v) is 18.8. The van der Waals surface area contributed by atoms with Crippen molar-refractivity contribution in [3.05, 3.63) is 21.5 Å². The highest BCUT2D eigenvalue weighted by molar-refractivity contribution is 14.1. The van der Waals surface area contributed by atoms with Gasteiger partial charge in [0, 0.05) is 49.3 Å². The van der Waals surface area contributed by atoms with Gasteiger partial charge in [-0.25, -0.2) is 4.79 Å². The summed E-state index contributed by atoms with van der Waals surface area (Å²) >= 11 is 2.39. The summed E-state index contributed by atoms with van der Waals surface area (Å²) in [4.78, 5) is 15.9. The number of hydrogen-bond acceptors (Lipinski definition) is 4. The predicted molar refractivity (Wildman–Crippen MR) is 111 cm³/mol. The quantitative estimate of drug-likeness (QED) is 0.580. The van der Waals surface area contributed by atoms with Crippen molar-refractivity contribution in [1.82, 2.24) is 14.4 Å². The van der Waals surface area contributed by atoms with E-state index in [1.807, 2.05) is 20.8 Å². The number of carbonyl (C=O) groups is 1. The van der Waals surface area contributed by atoms with E-state index in [-0.39, 0.29) is 12.3 Å². The Kier molecular flexibility index (Phi) is 7.78. The number of halogens is 1. The second kappa shape index (κ2) is 9.41. The number of amides is 1. The van der Waals surface area contributed by atoms with Crippen LogP contribution in [0.15, 0.2) is 12.4 Å². The van der Waals surface area contributed by atoms with E-state index >= 15 is 0 Å². The molecule has 1 aliphatic heterocycles. The molecule has 1 amide bonds. The maximum atomic E-state index is 12.0. The molecule has 0 N–H and O–H groups in total. The minimum Gasteiger partial charge on any atom is -0.444 e. The topological polar surface area (TPSA) is 46.9 Å². The molecule has 26 heavy (non-hydrogen) atoms. The van der Waals surface area contributed by atoms with E-state index in [0.717, 1.165) is 32.5 Å². The first-order chi connectivity index (χ1) is 12.2. The van der Waals surface area contributed by atoms with Crippen molar-refractivity contribution in [3.8, 4) is 0 Å². The number of aromatic nitrogens is 1. The second-order valence-corrected chi connectivity index (χ2v) is 9.20. The van der Waals surface area contributed by atoms with Crippen LogP contribution in [0.1, 0.15) is 51.8 Å². The largest absolute Gasteiger partial charge is 0.444 e. The van der Waals surface area contributed by atoms with Crippen molar-refractivity contribution < 1.29 is 14.3 Å². The number of ether oxygens (including phenoxy) is 2. The van der Waals surface area contributed by atoms with Gasteiger partial charge in [0.05, 0.1) is 0 Å². The van der Waals surface area contributed by atoms with E-state index in [1.54, 1.807) is 11.9 Å². The van der Waals surface area contributed by atoms with E-state index in [1.165, 1.54) is 15.6 Å². The molecule has 0 radical (unpaired) electrons. The molecule has 6 nitrogen and oxygen atoms in total. The van der Waals surface area contributed by atoms with Gasteiger partial charge in [0.25, 0.3) is 0 Å². The molecular formula is C19H32IN3O3. The Bertz CT molecular complexity index is 591. The Hall–Kier alpha value is -0.800. The van der Waals surface area contributed by atoms with Crippen LogP contribution in [0, 0.1) is 3.57 Å². The fraction of sp³-hybridized carbons (Fsp3) is 0.737. The molecule has 2 rings (SSSR count). The summed E-state index contributed by atoms with van der Waals surface area (Å²) in [5.74, 6) is 0. The molecule has 0 saturated carbocycles. The van der Waals surface area contributed by atoms with Crippen molar-refractivity contribution in [2.24, 2.45) is 0 Å². The molecule has 0 spiro atoms. The van der Waals surface area contributed by atoms with Crippen molar-refractivity contribution >= 4 is 28.7 Å². The molecule has 148 valence electrons. The minimum atomic E-state index is -0.461. The smallest absolute Gasteiger partial charge is 0.410 e. The van der Waals surface area contributed by atoms with E-state index < -0.39 is 5.60 Å². The van der Waals surface area contributed by atoms with Gasteiger partial charge in [0.2, 0.25) is 0 Å². The van der Waals surface area contributed by atoms with Crippen LogP contribution >= 0.6 is 22.6 Å². The lowest BCUT2D eigenvalue weighted by Crippen LogP contribution is -2.38. The molecule has 1 fully saturated rings. The first-order valence-corrected chi connectivity index (χ1v) is 10.3. The summed E-state index contributed by atoms with van der Waals surface area (Å²) in [6.07, 6.45) is 7.75. The SMILES string of the molecule is CN(CCN(C)C(=O)OC(C)(C)C)Cc1cn(C2CCCCO2)cc1I. The van der Waals surface area contributed by atoms with E-state index in [4.69, 9.17) is 9.47 Å². The van der Waals surface area contributed by atoms with Crippen LogP contribution in [-0.2, 0) is 16.0 Å². The van der Waals surface area contributed by atoms with Gasteiger partial charge >= 0.3 is 6.09 Å². The zero-order chi connectivity index (χ0) is 19.3. The molecule has 1 aromatic heterocycles. The molecule has 0 aromatic carbocycles. The van der Waals surface area contributed by atoms with Gasteiger partial charge in [-0.1, -0.05) is 0 Å². The van der Waals surface area contributed by atoms with Gasteiger partial charge in [-0.05, 0) is 75.2 Å². The second-order valence-electron chi connectivity index (χ2n) is 8.04. The number of carbonyl (C=O) groups excluding carboxylic acids is 1. The average molecular weight is 477 g/mol. The van der Waals surface area contributed by atoms with E-state index in [0.29, 0.717) is 6.54 Å². The Morgan fingerprint density at radius 1 is 1.31 bits per heavy atom. The van der Waals surface area contributed by atoms with Gasteiger partial charge in [-0.3, -0.25) is 0 Å². The zero-order valence-electron chi connectivity index (χ0n) is 16.6. The summed E-state index contributed by atoms with van der Waals surface area (Å²) < 4.78 is 14.7. The molecule has 1 atom stereocenters. The molecular weight excluding hydrogens is 445 g/mol. The molecule has 2 heterocycles. The van der Waals surface area contributed by atoms with Gasteiger partial charge in [0.1, 0.15) is 11.8 Å². The average Bonchev–Trinajstić information content (AvgIpc) is 2.92. The van der Waals surface area contributed by atoms with Crippen LogP contribution in [0.25, 0.3) is 0 Å².